The second kappa shape index (κ2) is 3.23. The number of nitrogens with zero attached hydrogens (tertiary/aromatic N) is 2. The molecule has 4 nitrogen and oxygen atoms in total. The van der Waals surface area contributed by atoms with Crippen molar-refractivity contribution in [1.82, 2.24) is 15.5 Å². The normalized spacial score (nSPS) is 18.2. The van der Waals surface area contributed by atoms with Crippen LogP contribution in [0.1, 0.15) is 17.6 Å². The molecular formula is C7H8F3N3O. The molecule has 14 heavy (non-hydrogen) atoms. The number of nitrogens with one attached hydrogen (secondary N) is 1. The number of hydrogen-bond acceptors (Lipinski definition) is 4. The molecule has 78 valence electrons. The van der Waals surface area contributed by atoms with E-state index in [1.807, 2.05) is 0 Å². The number of rotatable bonds is 2. The summed E-state index contributed by atoms with van der Waals surface area (Å²) in [6.07, 6.45) is -5.41. The van der Waals surface area contributed by atoms with Gasteiger partial charge in [0, 0.05) is 13.1 Å². The summed E-state index contributed by atoms with van der Waals surface area (Å²) in [5.74, 6) is 0.0758. The van der Waals surface area contributed by atoms with Crippen molar-refractivity contribution in [3.63, 3.8) is 0 Å². The van der Waals surface area contributed by atoms with Crippen LogP contribution in [0.5, 0.6) is 0 Å². The highest BCUT2D eigenvalue weighted by Crippen LogP contribution is 2.22. The lowest BCUT2D eigenvalue weighted by molar-refractivity contribution is -0.128. The minimum absolute atomic E-state index is 0.0736. The predicted octanol–water partition coefficient (Wildman–Crippen LogP) is 0.861. The van der Waals surface area contributed by atoms with Crippen LogP contribution >= 0.6 is 0 Å². The number of halogens is 3. The van der Waals surface area contributed by atoms with Crippen LogP contribution in [-0.2, 0) is 6.42 Å². The lowest BCUT2D eigenvalue weighted by Gasteiger charge is -2.22. The van der Waals surface area contributed by atoms with Crippen LogP contribution < -0.4 is 5.32 Å². The van der Waals surface area contributed by atoms with Gasteiger partial charge in [0.05, 0.1) is 5.92 Å². The summed E-state index contributed by atoms with van der Waals surface area (Å²) in [7, 11) is 0. The molecule has 0 bridgehead atoms. The predicted molar refractivity (Wildman–Crippen MR) is 39.7 cm³/mol. The van der Waals surface area contributed by atoms with E-state index in [-0.39, 0.29) is 11.7 Å². The summed E-state index contributed by atoms with van der Waals surface area (Å²) >= 11 is 0. The molecular weight excluding hydrogens is 199 g/mol. The van der Waals surface area contributed by atoms with Crippen LogP contribution in [0.2, 0.25) is 0 Å². The smallest absolute Gasteiger partial charge is 0.339 e. The van der Waals surface area contributed by atoms with Gasteiger partial charge >= 0.3 is 6.18 Å². The Hall–Kier alpha value is -1.11. The van der Waals surface area contributed by atoms with E-state index in [1.54, 1.807) is 0 Å². The van der Waals surface area contributed by atoms with Crippen LogP contribution in [0.4, 0.5) is 13.2 Å². The van der Waals surface area contributed by atoms with E-state index in [0.29, 0.717) is 19.0 Å². The molecule has 0 amide bonds. The molecule has 0 unspecified atom stereocenters. The zero-order chi connectivity index (χ0) is 10.2. The lowest BCUT2D eigenvalue weighted by atomic mass is 10.0. The summed E-state index contributed by atoms with van der Waals surface area (Å²) in [5, 5.41) is 6.24. The van der Waals surface area contributed by atoms with Crippen LogP contribution in [0.25, 0.3) is 0 Å². The fourth-order valence-electron chi connectivity index (χ4n) is 1.15. The zero-order valence-corrected chi connectivity index (χ0v) is 7.14. The minimum atomic E-state index is -4.28. The first-order valence-corrected chi connectivity index (χ1v) is 4.14. The van der Waals surface area contributed by atoms with Crippen LogP contribution in [0, 0.1) is 0 Å². The Balaban J connectivity index is 2.02. The molecule has 0 aromatic carbocycles. The van der Waals surface area contributed by atoms with E-state index >= 15 is 0 Å². The molecule has 2 rings (SSSR count). The Labute approximate surface area is 77.5 Å². The standard InChI is InChI=1S/C7H8F3N3O/c8-7(9,10)1-5-12-6(14-13-5)4-2-11-3-4/h4,11H,1-3H2. The van der Waals surface area contributed by atoms with Crippen molar-refractivity contribution in [1.29, 1.82) is 0 Å². The van der Waals surface area contributed by atoms with Crippen LogP contribution in [0.15, 0.2) is 4.52 Å². The quantitative estimate of drug-likeness (QED) is 0.781. The highest BCUT2D eigenvalue weighted by Gasteiger charge is 2.32. The van der Waals surface area contributed by atoms with Gasteiger partial charge in [0.15, 0.2) is 5.82 Å². The minimum Gasteiger partial charge on any atom is -0.339 e. The van der Waals surface area contributed by atoms with E-state index in [4.69, 9.17) is 4.52 Å². The van der Waals surface area contributed by atoms with E-state index in [0.717, 1.165) is 0 Å². The summed E-state index contributed by atoms with van der Waals surface area (Å²) in [6, 6.07) is 0. The van der Waals surface area contributed by atoms with Crippen molar-refractivity contribution in [3.8, 4) is 0 Å². The number of aromatic nitrogens is 2. The molecule has 0 spiro atoms. The Morgan fingerprint density at radius 1 is 1.43 bits per heavy atom. The van der Waals surface area contributed by atoms with Crippen LogP contribution in [-0.4, -0.2) is 29.4 Å². The van der Waals surface area contributed by atoms with Crippen LogP contribution in [0.3, 0.4) is 0 Å². The molecule has 7 heteroatoms. The van der Waals surface area contributed by atoms with Gasteiger partial charge in [0.25, 0.3) is 0 Å². The lowest BCUT2D eigenvalue weighted by Crippen LogP contribution is -2.40. The van der Waals surface area contributed by atoms with Crippen molar-refractivity contribution in [2.45, 2.75) is 18.5 Å². The average Bonchev–Trinajstić information content (AvgIpc) is 2.28. The Bertz CT molecular complexity index is 318. The summed E-state index contributed by atoms with van der Waals surface area (Å²) in [5.41, 5.74) is 0. The first-order valence-electron chi connectivity index (χ1n) is 4.14. The average molecular weight is 207 g/mol. The second-order valence-corrected chi connectivity index (χ2v) is 3.20. The van der Waals surface area contributed by atoms with E-state index in [9.17, 15) is 13.2 Å². The Morgan fingerprint density at radius 3 is 2.64 bits per heavy atom. The first-order chi connectivity index (χ1) is 6.54. The SMILES string of the molecule is FC(F)(F)Cc1noc(C2CNC2)n1. The third-order valence-corrected chi connectivity index (χ3v) is 1.97. The molecule has 2 heterocycles. The van der Waals surface area contributed by atoms with Gasteiger partial charge in [-0.15, -0.1) is 0 Å². The molecule has 1 fully saturated rings. The van der Waals surface area contributed by atoms with Crippen molar-refractivity contribution < 1.29 is 17.7 Å². The molecule has 0 saturated carbocycles. The monoisotopic (exact) mass is 207 g/mol. The summed E-state index contributed by atoms with van der Waals surface area (Å²) in [4.78, 5) is 3.68. The Morgan fingerprint density at radius 2 is 2.14 bits per heavy atom. The third kappa shape index (κ3) is 2.03. The summed E-state index contributed by atoms with van der Waals surface area (Å²) in [6.45, 7) is 1.38. The largest absolute Gasteiger partial charge is 0.396 e. The fraction of sp³-hybridized carbons (Fsp3) is 0.714. The van der Waals surface area contributed by atoms with Gasteiger partial charge in [-0.05, 0) is 0 Å². The van der Waals surface area contributed by atoms with E-state index in [1.165, 1.54) is 0 Å². The molecule has 1 saturated heterocycles. The highest BCUT2D eigenvalue weighted by atomic mass is 19.4. The van der Waals surface area contributed by atoms with Crippen molar-refractivity contribution in [2.24, 2.45) is 0 Å². The van der Waals surface area contributed by atoms with Gasteiger partial charge in [-0.2, -0.15) is 18.2 Å². The maximum absolute atomic E-state index is 11.9. The Kier molecular flexibility index (Phi) is 2.18. The molecule has 1 aliphatic heterocycles. The third-order valence-electron chi connectivity index (χ3n) is 1.97. The summed E-state index contributed by atoms with van der Waals surface area (Å²) < 4.78 is 40.5. The molecule has 1 aromatic rings. The molecule has 1 aromatic heterocycles. The molecule has 1 aliphatic rings. The van der Waals surface area contributed by atoms with Gasteiger partial charge in [0.1, 0.15) is 6.42 Å². The fourth-order valence-corrected chi connectivity index (χ4v) is 1.15. The van der Waals surface area contributed by atoms with Crippen molar-refractivity contribution >= 4 is 0 Å². The van der Waals surface area contributed by atoms with Crippen molar-refractivity contribution in [3.05, 3.63) is 11.7 Å². The van der Waals surface area contributed by atoms with E-state index in [2.05, 4.69) is 15.5 Å². The van der Waals surface area contributed by atoms with Crippen molar-refractivity contribution in [2.75, 3.05) is 13.1 Å². The molecule has 0 radical (unpaired) electrons. The number of hydrogen-bond donors (Lipinski definition) is 1. The zero-order valence-electron chi connectivity index (χ0n) is 7.14. The van der Waals surface area contributed by atoms with Gasteiger partial charge in [0.2, 0.25) is 5.89 Å². The molecule has 0 aliphatic carbocycles. The first kappa shape index (κ1) is 9.45. The van der Waals surface area contributed by atoms with Gasteiger partial charge in [-0.1, -0.05) is 5.16 Å². The molecule has 1 N–H and O–H groups in total. The van der Waals surface area contributed by atoms with Gasteiger partial charge in [-0.3, -0.25) is 0 Å². The topological polar surface area (TPSA) is 51.0 Å². The highest BCUT2D eigenvalue weighted by molar-refractivity contribution is 5.01. The van der Waals surface area contributed by atoms with Gasteiger partial charge < -0.3 is 9.84 Å². The maximum atomic E-state index is 11.9. The molecule has 0 atom stereocenters. The second-order valence-electron chi connectivity index (χ2n) is 3.20. The van der Waals surface area contributed by atoms with Gasteiger partial charge in [-0.25, -0.2) is 0 Å². The maximum Gasteiger partial charge on any atom is 0.396 e. The van der Waals surface area contributed by atoms with E-state index < -0.39 is 12.6 Å². The number of alkyl halides is 3.